The number of nitrogens with one attached hydrogen (secondary N) is 1. The summed E-state index contributed by atoms with van der Waals surface area (Å²) < 4.78 is 1.58. The maximum atomic E-state index is 11.0. The predicted molar refractivity (Wildman–Crippen MR) is 72.0 cm³/mol. The molecule has 1 aromatic heterocycles. The molecule has 0 aliphatic heterocycles. The highest BCUT2D eigenvalue weighted by atomic mass is 16.4. The van der Waals surface area contributed by atoms with Crippen LogP contribution in [-0.2, 0) is 13.6 Å². The van der Waals surface area contributed by atoms with Crippen LogP contribution < -0.4 is 5.32 Å². The van der Waals surface area contributed by atoms with Crippen molar-refractivity contribution in [3.63, 3.8) is 0 Å². The van der Waals surface area contributed by atoms with E-state index in [1.807, 2.05) is 0 Å². The third-order valence-corrected chi connectivity index (χ3v) is 3.20. The first-order valence-corrected chi connectivity index (χ1v) is 6.43. The van der Waals surface area contributed by atoms with Gasteiger partial charge in [0.2, 0.25) is 0 Å². The predicted octanol–water partition coefficient (Wildman–Crippen LogP) is 1.01. The molecule has 0 unspecified atom stereocenters. The highest BCUT2D eigenvalue weighted by Gasteiger charge is 2.19. The molecule has 0 aliphatic rings. The summed E-state index contributed by atoms with van der Waals surface area (Å²) in [5.74, 6) is -0.954. The fourth-order valence-corrected chi connectivity index (χ4v) is 2.02. The monoisotopic (exact) mass is 269 g/mol. The number of carboxylic acid groups (broad SMARTS) is 1. The van der Waals surface area contributed by atoms with Crippen LogP contribution in [0.4, 0.5) is 0 Å². The molecule has 0 aromatic carbocycles. The molecule has 108 valence electrons. The highest BCUT2D eigenvalue weighted by molar-refractivity contribution is 5.88. The largest absolute Gasteiger partial charge is 0.478 e. The van der Waals surface area contributed by atoms with Crippen molar-refractivity contribution < 1.29 is 15.0 Å². The van der Waals surface area contributed by atoms with E-state index >= 15 is 0 Å². The molecule has 1 aromatic rings. The Bertz CT molecular complexity index is 427. The number of aryl methyl sites for hydroxylation is 1. The Kier molecular flexibility index (Phi) is 5.50. The molecule has 3 N–H and O–H groups in total. The van der Waals surface area contributed by atoms with Crippen LogP contribution in [0.15, 0.2) is 6.20 Å². The number of carbonyl (C=O) groups is 1. The summed E-state index contributed by atoms with van der Waals surface area (Å²) in [4.78, 5) is 11.0. The minimum Gasteiger partial charge on any atom is -0.478 e. The molecule has 6 nitrogen and oxygen atoms in total. The van der Waals surface area contributed by atoms with E-state index in [4.69, 9.17) is 10.2 Å². The molecule has 0 amide bonds. The van der Waals surface area contributed by atoms with Crippen LogP contribution >= 0.6 is 0 Å². The maximum absolute atomic E-state index is 11.0. The second-order valence-corrected chi connectivity index (χ2v) is 5.53. The van der Waals surface area contributed by atoms with Crippen molar-refractivity contribution in [2.45, 2.75) is 33.2 Å². The van der Waals surface area contributed by atoms with E-state index in [0.717, 1.165) is 19.4 Å². The molecule has 19 heavy (non-hydrogen) atoms. The second kappa shape index (κ2) is 6.68. The normalized spacial score (nSPS) is 11.8. The number of hydrogen-bond acceptors (Lipinski definition) is 4. The van der Waals surface area contributed by atoms with Gasteiger partial charge in [-0.1, -0.05) is 13.8 Å². The van der Waals surface area contributed by atoms with Crippen LogP contribution in [0.3, 0.4) is 0 Å². The van der Waals surface area contributed by atoms with Crippen LogP contribution in [-0.4, -0.2) is 39.1 Å². The van der Waals surface area contributed by atoms with Gasteiger partial charge in [-0.25, -0.2) is 4.79 Å². The Morgan fingerprint density at radius 1 is 1.53 bits per heavy atom. The lowest BCUT2D eigenvalue weighted by Gasteiger charge is -2.24. The van der Waals surface area contributed by atoms with Crippen molar-refractivity contribution in [3.05, 3.63) is 17.5 Å². The summed E-state index contributed by atoms with van der Waals surface area (Å²) in [6.45, 7) is 5.68. The SMILES string of the molecule is Cn1ncc(C(=O)O)c1CNCC(C)(C)CCCO. The van der Waals surface area contributed by atoms with Crippen molar-refractivity contribution >= 4 is 5.97 Å². The molecule has 0 bridgehead atoms. The van der Waals surface area contributed by atoms with Crippen LogP contribution in [0.1, 0.15) is 42.7 Å². The van der Waals surface area contributed by atoms with Gasteiger partial charge in [0, 0.05) is 26.7 Å². The zero-order valence-corrected chi connectivity index (χ0v) is 11.8. The molecule has 0 radical (unpaired) electrons. The fourth-order valence-electron chi connectivity index (χ4n) is 2.02. The summed E-state index contributed by atoms with van der Waals surface area (Å²) in [5, 5.41) is 25.1. The van der Waals surface area contributed by atoms with Crippen LogP contribution in [0.25, 0.3) is 0 Å². The number of aromatic carboxylic acids is 1. The summed E-state index contributed by atoms with van der Waals surface area (Å²) in [5.41, 5.74) is 0.985. The van der Waals surface area contributed by atoms with E-state index in [1.54, 1.807) is 11.7 Å². The first-order chi connectivity index (χ1) is 8.87. The summed E-state index contributed by atoms with van der Waals surface area (Å²) in [6.07, 6.45) is 3.07. The molecule has 0 saturated carbocycles. The average molecular weight is 269 g/mol. The Morgan fingerprint density at radius 3 is 2.79 bits per heavy atom. The van der Waals surface area contributed by atoms with Gasteiger partial charge >= 0.3 is 5.97 Å². The third kappa shape index (κ3) is 4.65. The van der Waals surface area contributed by atoms with Gasteiger partial charge in [-0.3, -0.25) is 4.68 Å². The number of aromatic nitrogens is 2. The molecular formula is C13H23N3O3. The van der Waals surface area contributed by atoms with Gasteiger partial charge in [0.05, 0.1) is 11.9 Å². The summed E-state index contributed by atoms with van der Waals surface area (Å²) >= 11 is 0. The minimum absolute atomic E-state index is 0.0741. The van der Waals surface area contributed by atoms with Gasteiger partial charge in [-0.15, -0.1) is 0 Å². The lowest BCUT2D eigenvalue weighted by Crippen LogP contribution is -2.30. The van der Waals surface area contributed by atoms with Crippen LogP contribution in [0.5, 0.6) is 0 Å². The summed E-state index contributed by atoms with van der Waals surface area (Å²) in [6, 6.07) is 0. The zero-order valence-electron chi connectivity index (χ0n) is 11.8. The number of aliphatic hydroxyl groups is 1. The molecule has 0 atom stereocenters. The van der Waals surface area contributed by atoms with Crippen molar-refractivity contribution in [2.24, 2.45) is 12.5 Å². The number of hydrogen-bond donors (Lipinski definition) is 3. The van der Waals surface area contributed by atoms with E-state index in [1.165, 1.54) is 6.20 Å². The molecule has 1 heterocycles. The van der Waals surface area contributed by atoms with Gasteiger partial charge in [0.1, 0.15) is 5.56 Å². The molecule has 0 fully saturated rings. The fraction of sp³-hybridized carbons (Fsp3) is 0.692. The molecule has 0 spiro atoms. The lowest BCUT2D eigenvalue weighted by atomic mass is 9.88. The Labute approximate surface area is 113 Å². The molecule has 1 rings (SSSR count). The molecule has 0 saturated heterocycles. The number of rotatable bonds is 8. The van der Waals surface area contributed by atoms with Crippen LogP contribution in [0, 0.1) is 5.41 Å². The topological polar surface area (TPSA) is 87.4 Å². The van der Waals surface area contributed by atoms with Gasteiger partial charge in [0.25, 0.3) is 0 Å². The standard InChI is InChI=1S/C13H23N3O3/c1-13(2,5-4-6-17)9-14-8-11-10(12(18)19)7-15-16(11)3/h7,14,17H,4-6,8-9H2,1-3H3,(H,18,19). The van der Waals surface area contributed by atoms with Gasteiger partial charge in [-0.05, 0) is 18.3 Å². The van der Waals surface area contributed by atoms with Gasteiger partial charge in [0.15, 0.2) is 0 Å². The van der Waals surface area contributed by atoms with Crippen LogP contribution in [0.2, 0.25) is 0 Å². The third-order valence-electron chi connectivity index (χ3n) is 3.20. The van der Waals surface area contributed by atoms with Crippen molar-refractivity contribution in [3.8, 4) is 0 Å². The number of carboxylic acids is 1. The molecule has 0 aliphatic carbocycles. The maximum Gasteiger partial charge on any atom is 0.339 e. The van der Waals surface area contributed by atoms with Crippen molar-refractivity contribution in [1.29, 1.82) is 0 Å². The second-order valence-electron chi connectivity index (χ2n) is 5.53. The minimum atomic E-state index is -0.954. The van der Waals surface area contributed by atoms with E-state index in [9.17, 15) is 4.79 Å². The van der Waals surface area contributed by atoms with Crippen molar-refractivity contribution in [2.75, 3.05) is 13.2 Å². The van der Waals surface area contributed by atoms with Gasteiger partial charge in [-0.2, -0.15) is 5.10 Å². The number of aliphatic hydroxyl groups excluding tert-OH is 1. The highest BCUT2D eigenvalue weighted by Crippen LogP contribution is 2.21. The molecular weight excluding hydrogens is 246 g/mol. The first kappa shape index (κ1) is 15.7. The Hall–Kier alpha value is -1.40. The van der Waals surface area contributed by atoms with E-state index < -0.39 is 5.97 Å². The Morgan fingerprint density at radius 2 is 2.21 bits per heavy atom. The lowest BCUT2D eigenvalue weighted by molar-refractivity contribution is 0.0695. The van der Waals surface area contributed by atoms with E-state index in [-0.39, 0.29) is 17.6 Å². The molecule has 6 heteroatoms. The quantitative estimate of drug-likeness (QED) is 0.655. The first-order valence-electron chi connectivity index (χ1n) is 6.43. The van der Waals surface area contributed by atoms with E-state index in [0.29, 0.717) is 12.2 Å². The van der Waals surface area contributed by atoms with Gasteiger partial charge < -0.3 is 15.5 Å². The smallest absolute Gasteiger partial charge is 0.339 e. The van der Waals surface area contributed by atoms with Crippen molar-refractivity contribution in [1.82, 2.24) is 15.1 Å². The number of nitrogens with zero attached hydrogens (tertiary/aromatic N) is 2. The Balaban J connectivity index is 2.53. The zero-order chi connectivity index (χ0) is 14.5. The average Bonchev–Trinajstić information content (AvgIpc) is 2.69. The summed E-state index contributed by atoms with van der Waals surface area (Å²) in [7, 11) is 1.74. The van der Waals surface area contributed by atoms with E-state index in [2.05, 4.69) is 24.3 Å².